The molecule has 1 aliphatic rings. The zero-order chi connectivity index (χ0) is 28.4. The van der Waals surface area contributed by atoms with Crippen molar-refractivity contribution in [2.75, 3.05) is 4.90 Å². The second-order valence-corrected chi connectivity index (χ2v) is 9.14. The summed E-state index contributed by atoms with van der Waals surface area (Å²) in [4.78, 5) is 65.7. The lowest BCUT2D eigenvalue weighted by Gasteiger charge is -2.27. The fourth-order valence-corrected chi connectivity index (χ4v) is 4.29. The van der Waals surface area contributed by atoms with Crippen molar-refractivity contribution in [3.8, 4) is 11.6 Å². The van der Waals surface area contributed by atoms with Crippen molar-refractivity contribution >= 4 is 29.6 Å². The van der Waals surface area contributed by atoms with E-state index in [1.54, 1.807) is 38.1 Å². The van der Waals surface area contributed by atoms with Crippen molar-refractivity contribution in [3.63, 3.8) is 0 Å². The average Bonchev–Trinajstić information content (AvgIpc) is 2.84. The predicted molar refractivity (Wildman–Crippen MR) is 147 cm³/mol. The largest absolute Gasteiger partial charge is 0.494 e. The number of nitrogens with zero attached hydrogens (tertiary/aromatic N) is 2. The van der Waals surface area contributed by atoms with Gasteiger partial charge in [0.1, 0.15) is 11.1 Å². The van der Waals surface area contributed by atoms with Crippen LogP contribution in [-0.4, -0.2) is 32.5 Å². The standard InChI is InChI=1S/C29H26N4O6/c1-16-10-12-22(18(3)14-16)32-26(36)20(24(34)30-28(32)38)8-6-5-7-9-21-25(35)31-29(39)33(27(21)37)23-13-11-17(2)15-19(23)4/h5-15,36H,1-4H3,(H,30,34,38)(H,31,35,39)/b7-5+,8-6+,21-9+. The Morgan fingerprint density at radius 3 is 2.03 bits per heavy atom. The van der Waals surface area contributed by atoms with Crippen LogP contribution in [0.3, 0.4) is 0 Å². The summed E-state index contributed by atoms with van der Waals surface area (Å²) in [5, 5.41) is 12.9. The van der Waals surface area contributed by atoms with E-state index in [4.69, 9.17) is 0 Å². The Kier molecular flexibility index (Phi) is 7.30. The summed E-state index contributed by atoms with van der Waals surface area (Å²) in [6.07, 6.45) is 6.74. The molecule has 0 radical (unpaired) electrons. The van der Waals surface area contributed by atoms with Crippen LogP contribution >= 0.6 is 0 Å². The summed E-state index contributed by atoms with van der Waals surface area (Å²) >= 11 is 0. The van der Waals surface area contributed by atoms with Crippen LogP contribution in [0.2, 0.25) is 0 Å². The number of benzene rings is 2. The second-order valence-electron chi connectivity index (χ2n) is 9.14. The Hall–Kier alpha value is -5.25. The molecule has 2 aromatic carbocycles. The molecule has 1 saturated heterocycles. The third kappa shape index (κ3) is 5.26. The van der Waals surface area contributed by atoms with Crippen LogP contribution in [-0.2, 0) is 9.59 Å². The van der Waals surface area contributed by atoms with E-state index < -0.39 is 35.0 Å². The Balaban J connectivity index is 1.62. The maximum Gasteiger partial charge on any atom is 0.335 e. The van der Waals surface area contributed by atoms with Crippen LogP contribution in [0.1, 0.15) is 27.8 Å². The minimum Gasteiger partial charge on any atom is -0.494 e. The number of nitrogens with one attached hydrogen (secondary N) is 2. The molecule has 1 aliphatic heterocycles. The van der Waals surface area contributed by atoms with Crippen molar-refractivity contribution in [3.05, 3.63) is 115 Å². The van der Waals surface area contributed by atoms with Gasteiger partial charge in [-0.15, -0.1) is 0 Å². The number of aryl methyl sites for hydroxylation is 4. The van der Waals surface area contributed by atoms with E-state index in [1.165, 1.54) is 30.4 Å². The molecular weight excluding hydrogens is 500 g/mol. The molecule has 0 atom stereocenters. The van der Waals surface area contributed by atoms with Gasteiger partial charge in [-0.2, -0.15) is 0 Å². The van der Waals surface area contributed by atoms with E-state index in [2.05, 4.69) is 10.3 Å². The second kappa shape index (κ2) is 10.6. The monoisotopic (exact) mass is 526 g/mol. The summed E-state index contributed by atoms with van der Waals surface area (Å²) in [5.41, 5.74) is 2.13. The zero-order valence-corrected chi connectivity index (χ0v) is 21.7. The van der Waals surface area contributed by atoms with Gasteiger partial charge in [-0.3, -0.25) is 24.7 Å². The smallest absolute Gasteiger partial charge is 0.335 e. The van der Waals surface area contributed by atoms with Gasteiger partial charge < -0.3 is 5.11 Å². The molecule has 4 amide bonds. The number of hydrogen-bond acceptors (Lipinski definition) is 6. The highest BCUT2D eigenvalue weighted by atomic mass is 16.3. The average molecular weight is 527 g/mol. The molecule has 2 heterocycles. The number of rotatable bonds is 5. The Labute approximate surface area is 223 Å². The van der Waals surface area contributed by atoms with Crippen LogP contribution in [0.4, 0.5) is 10.5 Å². The van der Waals surface area contributed by atoms with E-state index in [0.29, 0.717) is 16.9 Å². The van der Waals surface area contributed by atoms with Crippen LogP contribution in [0, 0.1) is 27.7 Å². The number of aromatic hydroxyl groups is 1. The number of carbonyl (C=O) groups is 3. The van der Waals surface area contributed by atoms with Crippen LogP contribution < -0.4 is 21.5 Å². The van der Waals surface area contributed by atoms with Crippen molar-refractivity contribution in [1.82, 2.24) is 14.9 Å². The number of aromatic nitrogens is 2. The first-order valence-electron chi connectivity index (χ1n) is 12.0. The first-order chi connectivity index (χ1) is 18.5. The van der Waals surface area contributed by atoms with Gasteiger partial charge >= 0.3 is 11.7 Å². The third-order valence-corrected chi connectivity index (χ3v) is 6.16. The molecule has 0 saturated carbocycles. The molecule has 0 bridgehead atoms. The molecule has 39 heavy (non-hydrogen) atoms. The first kappa shape index (κ1) is 26.8. The maximum atomic E-state index is 13.0. The van der Waals surface area contributed by atoms with Gasteiger partial charge in [-0.1, -0.05) is 53.6 Å². The number of anilines is 1. The summed E-state index contributed by atoms with van der Waals surface area (Å²) < 4.78 is 1.01. The molecule has 3 N–H and O–H groups in total. The molecular formula is C29H26N4O6. The maximum absolute atomic E-state index is 13.0. The van der Waals surface area contributed by atoms with Crippen LogP contribution in [0.5, 0.6) is 5.88 Å². The SMILES string of the molecule is Cc1ccc(N2C(=O)NC(=O)\C(=C/C=C/C=C/c3c(O)n(-c4ccc(C)cc4C)c(=O)[nH]c3=O)C2=O)c(C)c1. The number of urea groups is 1. The van der Waals surface area contributed by atoms with E-state index >= 15 is 0 Å². The lowest BCUT2D eigenvalue weighted by Crippen LogP contribution is -2.54. The third-order valence-electron chi connectivity index (χ3n) is 6.16. The Morgan fingerprint density at radius 1 is 0.795 bits per heavy atom. The van der Waals surface area contributed by atoms with Gasteiger partial charge in [-0.05, 0) is 63.1 Å². The number of carbonyl (C=O) groups excluding carboxylic acids is 3. The lowest BCUT2D eigenvalue weighted by molar-refractivity contribution is -0.122. The number of allylic oxidation sites excluding steroid dienone is 4. The van der Waals surface area contributed by atoms with Gasteiger partial charge in [0.25, 0.3) is 17.4 Å². The van der Waals surface area contributed by atoms with E-state index in [0.717, 1.165) is 26.2 Å². The Bertz CT molecular complexity index is 1740. The van der Waals surface area contributed by atoms with Crippen molar-refractivity contribution in [1.29, 1.82) is 0 Å². The quantitative estimate of drug-likeness (QED) is 0.265. The van der Waals surface area contributed by atoms with Gasteiger partial charge in [0, 0.05) is 0 Å². The van der Waals surface area contributed by atoms with Crippen molar-refractivity contribution in [2.24, 2.45) is 0 Å². The molecule has 198 valence electrons. The van der Waals surface area contributed by atoms with Crippen molar-refractivity contribution < 1.29 is 19.5 Å². The predicted octanol–water partition coefficient (Wildman–Crippen LogP) is 3.24. The topological polar surface area (TPSA) is 142 Å². The summed E-state index contributed by atoms with van der Waals surface area (Å²) in [6.45, 7) is 7.32. The molecule has 4 rings (SSSR count). The van der Waals surface area contributed by atoms with Gasteiger partial charge in [0.05, 0.1) is 11.4 Å². The number of barbiturate groups is 1. The van der Waals surface area contributed by atoms with Gasteiger partial charge in [0.2, 0.25) is 5.88 Å². The highest BCUT2D eigenvalue weighted by Crippen LogP contribution is 2.25. The van der Waals surface area contributed by atoms with E-state index in [1.807, 2.05) is 26.0 Å². The van der Waals surface area contributed by atoms with Crippen molar-refractivity contribution in [2.45, 2.75) is 27.7 Å². The number of aromatic amines is 1. The number of imide groups is 2. The minimum absolute atomic E-state index is 0.162. The molecule has 1 aromatic heterocycles. The molecule has 0 spiro atoms. The normalized spacial score (nSPS) is 15.1. The Morgan fingerprint density at radius 2 is 1.41 bits per heavy atom. The molecule has 1 fully saturated rings. The number of amides is 4. The molecule has 10 heteroatoms. The van der Waals surface area contributed by atoms with E-state index in [9.17, 15) is 29.1 Å². The lowest BCUT2D eigenvalue weighted by atomic mass is 10.1. The number of H-pyrrole nitrogens is 1. The van der Waals surface area contributed by atoms with Gasteiger partial charge in [0.15, 0.2) is 0 Å². The fourth-order valence-electron chi connectivity index (χ4n) is 4.29. The van der Waals surface area contributed by atoms with Crippen LogP contribution in [0.25, 0.3) is 11.8 Å². The highest BCUT2D eigenvalue weighted by Gasteiger charge is 2.37. The molecule has 0 aliphatic carbocycles. The summed E-state index contributed by atoms with van der Waals surface area (Å²) in [5.74, 6) is -2.16. The fraction of sp³-hybridized carbons (Fsp3) is 0.138. The molecule has 0 unspecified atom stereocenters. The first-order valence-corrected chi connectivity index (χ1v) is 12.0. The van der Waals surface area contributed by atoms with Gasteiger partial charge in [-0.25, -0.2) is 19.1 Å². The minimum atomic E-state index is -0.841. The number of hydrogen-bond donors (Lipinski definition) is 3. The zero-order valence-electron chi connectivity index (χ0n) is 21.7. The highest BCUT2D eigenvalue weighted by molar-refractivity contribution is 6.37. The van der Waals surface area contributed by atoms with Crippen LogP contribution in [0.15, 0.2) is 75.9 Å². The summed E-state index contributed by atoms with van der Waals surface area (Å²) in [6, 6.07) is 9.66. The molecule has 10 nitrogen and oxygen atoms in total. The van der Waals surface area contributed by atoms with E-state index in [-0.39, 0.29) is 11.1 Å². The molecule has 3 aromatic rings. The summed E-state index contributed by atoms with van der Waals surface area (Å²) in [7, 11) is 0.